The largest absolute Gasteiger partial charge is 0.505 e. The number of urea groups is 1. The van der Waals surface area contributed by atoms with Crippen molar-refractivity contribution >= 4 is 90.6 Å². The molecule has 17 nitrogen and oxygen atoms in total. The molecule has 0 aromatic heterocycles. The standard InChI is InChI=1S/C35H30N4O13S4/c1-19-9-11-21(17-29(19)36-27-15-13-23-25(33(27)40)5-3-7-31(23)55(47,48)49)53(43,44)38-35(42)39-54(45,46)22-12-10-20(2)30(18-22)37-28-16-14-24-26(34(28)41)6-4-8-32(24)56(50,51)52/h3-18,36-37,40-41H,1-2H3,(H2,38,39,42)(H,47,48,49)(H,50,51,52). The van der Waals surface area contributed by atoms with E-state index in [0.717, 1.165) is 36.4 Å². The molecule has 8 N–H and O–H groups in total. The maximum Gasteiger partial charge on any atom is 0.342 e. The van der Waals surface area contributed by atoms with Gasteiger partial charge in [-0.3, -0.25) is 9.11 Å². The molecule has 0 aliphatic heterocycles. The number of phenolic OH excluding ortho intramolecular Hbond substituents is 2. The van der Waals surface area contributed by atoms with Crippen LogP contribution in [0.1, 0.15) is 11.1 Å². The average Bonchev–Trinajstić information content (AvgIpc) is 3.10. The van der Waals surface area contributed by atoms with Crippen molar-refractivity contribution in [3.8, 4) is 11.5 Å². The molecular weight excluding hydrogens is 813 g/mol. The van der Waals surface area contributed by atoms with Crippen molar-refractivity contribution in [2.24, 2.45) is 0 Å². The summed E-state index contributed by atoms with van der Waals surface area (Å²) in [6, 6.07) is 18.7. The minimum atomic E-state index is -4.72. The number of aryl methyl sites for hydroxylation is 2. The second-order valence-electron chi connectivity index (χ2n) is 12.3. The van der Waals surface area contributed by atoms with E-state index < -0.39 is 77.4 Å². The van der Waals surface area contributed by atoms with Crippen LogP contribution in [-0.4, -0.2) is 59.0 Å². The Morgan fingerprint density at radius 3 is 1.21 bits per heavy atom. The van der Waals surface area contributed by atoms with Crippen LogP contribution in [0.25, 0.3) is 21.5 Å². The molecule has 0 unspecified atom stereocenters. The van der Waals surface area contributed by atoms with E-state index in [1.807, 2.05) is 0 Å². The molecule has 0 saturated carbocycles. The summed E-state index contributed by atoms with van der Waals surface area (Å²) in [7, 11) is -18.7. The number of rotatable bonds is 10. The van der Waals surface area contributed by atoms with Crippen LogP contribution in [0.4, 0.5) is 27.5 Å². The van der Waals surface area contributed by atoms with E-state index in [2.05, 4.69) is 10.6 Å². The molecule has 0 atom stereocenters. The van der Waals surface area contributed by atoms with Gasteiger partial charge in [0.15, 0.2) is 0 Å². The Morgan fingerprint density at radius 2 is 0.857 bits per heavy atom. The topological polar surface area (TPSA) is 283 Å². The molecule has 6 rings (SSSR count). The predicted octanol–water partition coefficient (Wildman–Crippen LogP) is 5.38. The quantitative estimate of drug-likeness (QED) is 0.0635. The third-order valence-electron chi connectivity index (χ3n) is 8.57. The summed E-state index contributed by atoms with van der Waals surface area (Å²) in [4.78, 5) is 11.0. The SMILES string of the molecule is Cc1ccc(S(=O)(=O)NC(=O)NS(=O)(=O)c2ccc(C)c(Nc3ccc4c(S(=O)(=O)O)cccc4c3O)c2)cc1Nc1ccc2c(S(=O)(=O)O)cccc2c1O. The Bertz CT molecular complexity index is 2880. The number of anilines is 4. The lowest BCUT2D eigenvalue weighted by Crippen LogP contribution is -2.42. The number of carbonyl (C=O) groups is 1. The zero-order chi connectivity index (χ0) is 41.0. The van der Waals surface area contributed by atoms with Gasteiger partial charge in [-0.2, -0.15) is 16.8 Å². The minimum absolute atomic E-state index is 0.0257. The van der Waals surface area contributed by atoms with Gasteiger partial charge in [0.2, 0.25) is 0 Å². The summed E-state index contributed by atoms with van der Waals surface area (Å²) in [5.41, 5.74) is 1.30. The highest BCUT2D eigenvalue weighted by molar-refractivity contribution is 7.91. The number of nitrogens with one attached hydrogen (secondary N) is 4. The van der Waals surface area contributed by atoms with Crippen LogP contribution in [0.15, 0.2) is 117 Å². The number of hydrogen-bond acceptors (Lipinski definition) is 13. The van der Waals surface area contributed by atoms with Crippen molar-refractivity contribution in [2.45, 2.75) is 33.4 Å². The van der Waals surface area contributed by atoms with Crippen LogP contribution in [0, 0.1) is 13.8 Å². The van der Waals surface area contributed by atoms with Gasteiger partial charge < -0.3 is 20.8 Å². The van der Waals surface area contributed by atoms with Crippen LogP contribution in [0.3, 0.4) is 0 Å². The molecule has 56 heavy (non-hydrogen) atoms. The van der Waals surface area contributed by atoms with E-state index in [0.29, 0.717) is 11.1 Å². The summed E-state index contributed by atoms with van der Waals surface area (Å²) in [6.45, 7) is 3.21. The maximum absolute atomic E-state index is 13.3. The Morgan fingerprint density at radius 1 is 0.482 bits per heavy atom. The van der Waals surface area contributed by atoms with Crippen molar-refractivity contribution in [1.29, 1.82) is 0 Å². The minimum Gasteiger partial charge on any atom is -0.505 e. The van der Waals surface area contributed by atoms with Crippen LogP contribution in [0.5, 0.6) is 11.5 Å². The number of amides is 2. The Labute approximate surface area is 320 Å². The van der Waals surface area contributed by atoms with Gasteiger partial charge in [-0.05, 0) is 73.5 Å². The van der Waals surface area contributed by atoms with Crippen LogP contribution in [0.2, 0.25) is 0 Å². The number of carbonyl (C=O) groups excluding carboxylic acids is 1. The van der Waals surface area contributed by atoms with E-state index >= 15 is 0 Å². The molecule has 6 aromatic rings. The molecular formula is C35H30N4O13S4. The lowest BCUT2D eigenvalue weighted by Gasteiger charge is -2.16. The second-order valence-corrected chi connectivity index (χ2v) is 18.5. The van der Waals surface area contributed by atoms with Gasteiger partial charge in [0.05, 0.1) is 21.2 Å². The molecule has 0 fully saturated rings. The third-order valence-corrected chi connectivity index (χ3v) is 13.1. The van der Waals surface area contributed by atoms with Crippen molar-refractivity contribution in [3.05, 3.63) is 108 Å². The number of hydrogen-bond donors (Lipinski definition) is 8. The number of phenols is 2. The Balaban J connectivity index is 1.20. The van der Waals surface area contributed by atoms with Gasteiger partial charge in [-0.15, -0.1) is 0 Å². The number of fused-ring (bicyclic) bond motifs is 2. The van der Waals surface area contributed by atoms with Gasteiger partial charge in [0.25, 0.3) is 40.3 Å². The molecule has 0 bridgehead atoms. The van der Waals surface area contributed by atoms with Crippen LogP contribution < -0.4 is 20.1 Å². The number of benzene rings is 6. The van der Waals surface area contributed by atoms with Gasteiger partial charge in [0, 0.05) is 32.9 Å². The fraction of sp³-hybridized carbons (Fsp3) is 0.0571. The fourth-order valence-electron chi connectivity index (χ4n) is 5.76. The number of sulfonamides is 2. The highest BCUT2D eigenvalue weighted by Gasteiger charge is 2.25. The lowest BCUT2D eigenvalue weighted by atomic mass is 10.1. The lowest BCUT2D eigenvalue weighted by molar-refractivity contribution is 0.250. The summed E-state index contributed by atoms with van der Waals surface area (Å²) >= 11 is 0. The third kappa shape index (κ3) is 7.89. The highest BCUT2D eigenvalue weighted by atomic mass is 32.2. The Hall–Kier alpha value is -5.97. The summed E-state index contributed by atoms with van der Waals surface area (Å²) in [5, 5.41) is 27.7. The summed E-state index contributed by atoms with van der Waals surface area (Å²) in [6.07, 6.45) is 0. The van der Waals surface area contributed by atoms with Gasteiger partial charge in [0.1, 0.15) is 21.3 Å². The first kappa shape index (κ1) is 39.7. The highest BCUT2D eigenvalue weighted by Crippen LogP contribution is 2.39. The molecule has 0 saturated heterocycles. The zero-order valence-corrected chi connectivity index (χ0v) is 32.1. The molecule has 6 aromatic carbocycles. The fourth-order valence-corrected chi connectivity index (χ4v) is 9.10. The summed E-state index contributed by atoms with van der Waals surface area (Å²) in [5.74, 6) is -0.831. The summed E-state index contributed by atoms with van der Waals surface area (Å²) < 4.78 is 123. The zero-order valence-electron chi connectivity index (χ0n) is 28.8. The Kier molecular flexibility index (Phi) is 10.1. The molecule has 21 heteroatoms. The van der Waals surface area contributed by atoms with Crippen molar-refractivity contribution < 1.29 is 57.8 Å². The maximum atomic E-state index is 13.3. The predicted molar refractivity (Wildman–Crippen MR) is 206 cm³/mol. The molecule has 0 aliphatic rings. The molecule has 2 amide bonds. The first-order chi connectivity index (χ1) is 26.1. The average molecular weight is 843 g/mol. The smallest absolute Gasteiger partial charge is 0.342 e. The molecule has 292 valence electrons. The van der Waals surface area contributed by atoms with E-state index in [1.54, 1.807) is 23.3 Å². The molecule has 0 heterocycles. The van der Waals surface area contributed by atoms with Crippen molar-refractivity contribution in [1.82, 2.24) is 9.44 Å². The number of aromatic hydroxyl groups is 2. The molecule has 0 spiro atoms. The van der Waals surface area contributed by atoms with E-state index in [9.17, 15) is 57.8 Å². The monoisotopic (exact) mass is 842 g/mol. The molecule has 0 aliphatic carbocycles. The van der Waals surface area contributed by atoms with E-state index in [4.69, 9.17) is 0 Å². The van der Waals surface area contributed by atoms with Crippen molar-refractivity contribution in [2.75, 3.05) is 10.6 Å². The first-order valence-corrected chi connectivity index (χ1v) is 21.7. The van der Waals surface area contributed by atoms with Crippen LogP contribution >= 0.6 is 0 Å². The van der Waals surface area contributed by atoms with Crippen molar-refractivity contribution in [3.63, 3.8) is 0 Å². The van der Waals surface area contributed by atoms with E-state index in [1.165, 1.54) is 60.7 Å². The normalized spacial score (nSPS) is 12.4. The van der Waals surface area contributed by atoms with Crippen LogP contribution in [-0.2, 0) is 40.3 Å². The van der Waals surface area contributed by atoms with Gasteiger partial charge in [-0.25, -0.2) is 31.1 Å². The first-order valence-electron chi connectivity index (χ1n) is 15.9. The van der Waals surface area contributed by atoms with Gasteiger partial charge in [-0.1, -0.05) is 48.5 Å². The van der Waals surface area contributed by atoms with Gasteiger partial charge >= 0.3 is 6.03 Å². The second kappa shape index (κ2) is 14.3. The molecule has 0 radical (unpaired) electrons. The van der Waals surface area contributed by atoms with E-state index in [-0.39, 0.29) is 44.3 Å².